The van der Waals surface area contributed by atoms with E-state index in [1.807, 2.05) is 0 Å². The van der Waals surface area contributed by atoms with E-state index in [2.05, 4.69) is 0 Å². The highest BCUT2D eigenvalue weighted by atomic mass is 19.4. The largest absolute Gasteiger partial charge is 0.491 e. The molecule has 0 saturated heterocycles. The molecule has 0 aliphatic rings. The molecule has 0 heterocycles. The van der Waals surface area contributed by atoms with Crippen molar-refractivity contribution in [2.24, 2.45) is 0 Å². The summed E-state index contributed by atoms with van der Waals surface area (Å²) >= 11 is 0. The monoisotopic (exact) mass is 249 g/mol. The van der Waals surface area contributed by atoms with Gasteiger partial charge in [0.05, 0.1) is 11.0 Å². The van der Waals surface area contributed by atoms with E-state index < -0.39 is 22.4 Å². The van der Waals surface area contributed by atoms with Crippen LogP contribution in [0, 0.1) is 10.1 Å². The number of nitro groups is 1. The number of alkyl halides is 3. The van der Waals surface area contributed by atoms with Gasteiger partial charge in [-0.3, -0.25) is 10.1 Å². The molecule has 0 atom stereocenters. The van der Waals surface area contributed by atoms with Gasteiger partial charge in [0.15, 0.2) is 0 Å². The number of nitrogens with zero attached hydrogens (tertiary/aromatic N) is 1. The van der Waals surface area contributed by atoms with Gasteiger partial charge in [0.2, 0.25) is 0 Å². The number of ether oxygens (including phenoxy) is 1. The van der Waals surface area contributed by atoms with Crippen molar-refractivity contribution in [2.75, 3.05) is 0 Å². The minimum Gasteiger partial charge on any atom is -0.491 e. The van der Waals surface area contributed by atoms with E-state index in [1.165, 1.54) is 0 Å². The lowest BCUT2D eigenvalue weighted by atomic mass is 10.1. The van der Waals surface area contributed by atoms with Gasteiger partial charge in [0.1, 0.15) is 11.3 Å². The van der Waals surface area contributed by atoms with Crippen molar-refractivity contribution in [3.05, 3.63) is 33.9 Å². The Morgan fingerprint density at radius 2 is 1.94 bits per heavy atom. The van der Waals surface area contributed by atoms with Crippen molar-refractivity contribution in [1.29, 1.82) is 0 Å². The van der Waals surface area contributed by atoms with Crippen LogP contribution in [0.3, 0.4) is 0 Å². The molecule has 1 rings (SSSR count). The lowest BCUT2D eigenvalue weighted by Gasteiger charge is -2.12. The van der Waals surface area contributed by atoms with Gasteiger partial charge in [-0.1, -0.05) is 0 Å². The Hall–Kier alpha value is -1.79. The van der Waals surface area contributed by atoms with Crippen LogP contribution >= 0.6 is 0 Å². The first-order chi connectivity index (χ1) is 7.71. The van der Waals surface area contributed by atoms with Crippen molar-refractivity contribution >= 4 is 5.69 Å². The fourth-order valence-electron chi connectivity index (χ4n) is 1.25. The molecule has 0 N–H and O–H groups in total. The molecule has 7 heteroatoms. The first-order valence-corrected chi connectivity index (χ1v) is 4.74. The van der Waals surface area contributed by atoms with Gasteiger partial charge in [-0.2, -0.15) is 13.2 Å². The van der Waals surface area contributed by atoms with Crippen LogP contribution in [0.25, 0.3) is 0 Å². The summed E-state index contributed by atoms with van der Waals surface area (Å²) in [6.45, 7) is 3.29. The number of hydrogen-bond acceptors (Lipinski definition) is 3. The van der Waals surface area contributed by atoms with Gasteiger partial charge in [-0.15, -0.1) is 0 Å². The molecule has 4 nitrogen and oxygen atoms in total. The number of rotatable bonds is 3. The van der Waals surface area contributed by atoms with Gasteiger partial charge in [0, 0.05) is 6.07 Å². The van der Waals surface area contributed by atoms with E-state index in [9.17, 15) is 23.3 Å². The highest BCUT2D eigenvalue weighted by Gasteiger charge is 2.38. The Balaban J connectivity index is 3.25. The predicted molar refractivity (Wildman–Crippen MR) is 53.9 cm³/mol. The molecular formula is C10H10F3NO3. The summed E-state index contributed by atoms with van der Waals surface area (Å²) in [4.78, 5) is 9.40. The first kappa shape index (κ1) is 13.3. The summed E-state index contributed by atoms with van der Waals surface area (Å²) in [6, 6.07) is 2.58. The minimum atomic E-state index is -4.78. The average molecular weight is 249 g/mol. The zero-order valence-corrected chi connectivity index (χ0v) is 9.12. The molecule has 0 unspecified atom stereocenters. The van der Waals surface area contributed by atoms with Crippen LogP contribution in [0.15, 0.2) is 18.2 Å². The maximum absolute atomic E-state index is 12.6. The number of nitro benzene ring substituents is 1. The van der Waals surface area contributed by atoms with Gasteiger partial charge >= 0.3 is 6.18 Å². The van der Waals surface area contributed by atoms with Crippen LogP contribution < -0.4 is 4.74 Å². The van der Waals surface area contributed by atoms with Crippen LogP contribution in [0.2, 0.25) is 0 Å². The summed E-state index contributed by atoms with van der Waals surface area (Å²) in [7, 11) is 0. The van der Waals surface area contributed by atoms with Gasteiger partial charge in [-0.25, -0.2) is 0 Å². The Bertz CT molecular complexity index is 429. The SMILES string of the molecule is CC(C)Oc1ccc([N+](=O)[O-])c(C(F)(F)F)c1. The molecule has 0 amide bonds. The summed E-state index contributed by atoms with van der Waals surface area (Å²) in [5.74, 6) is -0.0436. The van der Waals surface area contributed by atoms with E-state index in [1.54, 1.807) is 13.8 Å². The topological polar surface area (TPSA) is 52.4 Å². The Morgan fingerprint density at radius 1 is 1.35 bits per heavy atom. The Kier molecular flexibility index (Phi) is 3.59. The molecule has 0 spiro atoms. The maximum atomic E-state index is 12.6. The van der Waals surface area contributed by atoms with E-state index in [-0.39, 0.29) is 11.9 Å². The third-order valence-electron chi connectivity index (χ3n) is 1.84. The number of halogens is 3. The van der Waals surface area contributed by atoms with Crippen LogP contribution in [0.1, 0.15) is 19.4 Å². The highest BCUT2D eigenvalue weighted by molar-refractivity contribution is 5.47. The van der Waals surface area contributed by atoms with E-state index >= 15 is 0 Å². The molecule has 0 aliphatic heterocycles. The van der Waals surface area contributed by atoms with Crippen molar-refractivity contribution in [2.45, 2.75) is 26.1 Å². The van der Waals surface area contributed by atoms with E-state index in [0.717, 1.165) is 12.1 Å². The summed E-state index contributed by atoms with van der Waals surface area (Å²) in [6.07, 6.45) is -5.09. The molecule has 1 aromatic rings. The second-order valence-corrected chi connectivity index (χ2v) is 3.60. The molecule has 94 valence electrons. The van der Waals surface area contributed by atoms with E-state index in [4.69, 9.17) is 4.74 Å². The van der Waals surface area contributed by atoms with Gasteiger partial charge < -0.3 is 4.74 Å². The zero-order valence-electron chi connectivity index (χ0n) is 9.12. The molecule has 0 aliphatic carbocycles. The third-order valence-corrected chi connectivity index (χ3v) is 1.84. The van der Waals surface area contributed by atoms with Gasteiger partial charge in [0.25, 0.3) is 5.69 Å². The lowest BCUT2D eigenvalue weighted by molar-refractivity contribution is -0.388. The Labute approximate surface area is 95.2 Å². The minimum absolute atomic E-state index is 0.0436. The van der Waals surface area contributed by atoms with Gasteiger partial charge in [-0.05, 0) is 26.0 Å². The molecule has 0 fully saturated rings. The smallest absolute Gasteiger partial charge is 0.423 e. The van der Waals surface area contributed by atoms with Crippen LogP contribution in [-0.2, 0) is 6.18 Å². The second-order valence-electron chi connectivity index (χ2n) is 3.60. The third kappa shape index (κ3) is 3.33. The van der Waals surface area contributed by atoms with Crippen molar-refractivity contribution in [3.63, 3.8) is 0 Å². The van der Waals surface area contributed by atoms with Crippen molar-refractivity contribution in [3.8, 4) is 5.75 Å². The van der Waals surface area contributed by atoms with Crippen LogP contribution in [-0.4, -0.2) is 11.0 Å². The summed E-state index contributed by atoms with van der Waals surface area (Å²) in [5, 5.41) is 10.5. The number of hydrogen-bond donors (Lipinski definition) is 0. The number of benzene rings is 1. The normalized spacial score (nSPS) is 11.6. The molecule has 0 aromatic heterocycles. The van der Waals surface area contributed by atoms with E-state index in [0.29, 0.717) is 6.07 Å². The van der Waals surface area contributed by atoms with Crippen molar-refractivity contribution < 1.29 is 22.8 Å². The van der Waals surface area contributed by atoms with Crippen molar-refractivity contribution in [1.82, 2.24) is 0 Å². The van der Waals surface area contributed by atoms with Crippen LogP contribution in [0.4, 0.5) is 18.9 Å². The lowest BCUT2D eigenvalue weighted by Crippen LogP contribution is -2.11. The van der Waals surface area contributed by atoms with Crippen LogP contribution in [0.5, 0.6) is 5.75 Å². The molecule has 17 heavy (non-hydrogen) atoms. The standard InChI is InChI=1S/C10H10F3NO3/c1-6(2)17-7-3-4-9(14(15)16)8(5-7)10(11,12)13/h3-6H,1-2H3. The molecule has 0 saturated carbocycles. The second kappa shape index (κ2) is 4.60. The summed E-state index contributed by atoms with van der Waals surface area (Å²) in [5.41, 5.74) is -2.28. The fourth-order valence-corrected chi connectivity index (χ4v) is 1.25. The zero-order chi connectivity index (χ0) is 13.2. The Morgan fingerprint density at radius 3 is 2.35 bits per heavy atom. The molecule has 0 radical (unpaired) electrons. The first-order valence-electron chi connectivity index (χ1n) is 4.74. The quantitative estimate of drug-likeness (QED) is 0.609. The highest BCUT2D eigenvalue weighted by Crippen LogP contribution is 2.38. The molecule has 1 aromatic carbocycles. The molecular weight excluding hydrogens is 239 g/mol. The summed E-state index contributed by atoms with van der Waals surface area (Å²) < 4.78 is 42.8. The predicted octanol–water partition coefficient (Wildman–Crippen LogP) is 3.40. The fraction of sp³-hybridized carbons (Fsp3) is 0.400. The molecule has 0 bridgehead atoms. The average Bonchev–Trinajstić information content (AvgIpc) is 2.14. The maximum Gasteiger partial charge on any atom is 0.423 e.